The Morgan fingerprint density at radius 3 is 2.65 bits per heavy atom. The zero-order valence-electron chi connectivity index (χ0n) is 8.74. The molecule has 1 aromatic rings. The molecule has 0 saturated carbocycles. The fraction of sp³-hybridized carbons (Fsp3) is 0.200. The summed E-state index contributed by atoms with van der Waals surface area (Å²) in [4.78, 5) is 22.2. The second-order valence-electron chi connectivity index (χ2n) is 3.39. The Morgan fingerprint density at radius 1 is 1.47 bits per heavy atom. The van der Waals surface area contributed by atoms with E-state index in [0.717, 1.165) is 3.57 Å². The molecule has 0 aliphatic carbocycles. The fourth-order valence-electron chi connectivity index (χ4n) is 1.13. The van der Waals surface area contributed by atoms with E-state index in [4.69, 9.17) is 23.1 Å². The Labute approximate surface area is 117 Å². The van der Waals surface area contributed by atoms with Crippen molar-refractivity contribution in [1.82, 2.24) is 0 Å². The molecule has 0 aliphatic rings. The van der Waals surface area contributed by atoms with E-state index in [9.17, 15) is 9.59 Å². The summed E-state index contributed by atoms with van der Waals surface area (Å²) in [5.74, 6) is -1.07. The van der Waals surface area contributed by atoms with Crippen LogP contribution in [0.2, 0.25) is 5.02 Å². The maximum absolute atomic E-state index is 11.6. The van der Waals surface area contributed by atoms with Crippen LogP contribution in [-0.4, -0.2) is 17.9 Å². The third-order valence-electron chi connectivity index (χ3n) is 1.95. The molecule has 0 aliphatic heterocycles. The highest BCUT2D eigenvalue weighted by Crippen LogP contribution is 2.22. The summed E-state index contributed by atoms with van der Waals surface area (Å²) in [6.07, 6.45) is -0.185. The number of carbonyl (C=O) groups excluding carboxylic acids is 2. The largest absolute Gasteiger partial charge is 0.370 e. The van der Waals surface area contributed by atoms with Crippen molar-refractivity contribution in [2.45, 2.75) is 12.5 Å². The van der Waals surface area contributed by atoms with Gasteiger partial charge in [0.2, 0.25) is 11.8 Å². The zero-order valence-corrected chi connectivity index (χ0v) is 11.7. The highest BCUT2D eigenvalue weighted by atomic mass is 127. The maximum atomic E-state index is 11.6. The molecule has 0 bridgehead atoms. The van der Waals surface area contributed by atoms with E-state index in [0.29, 0.717) is 10.7 Å². The van der Waals surface area contributed by atoms with Crippen molar-refractivity contribution in [2.24, 2.45) is 11.5 Å². The van der Waals surface area contributed by atoms with Crippen molar-refractivity contribution in [3.63, 3.8) is 0 Å². The van der Waals surface area contributed by atoms with E-state index >= 15 is 0 Å². The molecule has 17 heavy (non-hydrogen) atoms. The van der Waals surface area contributed by atoms with Gasteiger partial charge in [0.15, 0.2) is 0 Å². The van der Waals surface area contributed by atoms with Gasteiger partial charge in [-0.2, -0.15) is 0 Å². The minimum absolute atomic E-state index is 0.185. The van der Waals surface area contributed by atoms with Crippen molar-refractivity contribution in [3.8, 4) is 0 Å². The van der Waals surface area contributed by atoms with Crippen LogP contribution in [0.5, 0.6) is 0 Å². The fourth-order valence-corrected chi connectivity index (χ4v) is 2.13. The van der Waals surface area contributed by atoms with Crippen molar-refractivity contribution in [2.75, 3.05) is 5.32 Å². The molecule has 2 amide bonds. The molecule has 1 rings (SSSR count). The van der Waals surface area contributed by atoms with Gasteiger partial charge in [-0.1, -0.05) is 11.6 Å². The molecule has 1 atom stereocenters. The van der Waals surface area contributed by atoms with Crippen LogP contribution in [0.25, 0.3) is 0 Å². The van der Waals surface area contributed by atoms with Crippen LogP contribution in [-0.2, 0) is 9.59 Å². The van der Waals surface area contributed by atoms with E-state index in [1.807, 2.05) is 22.6 Å². The normalized spacial score (nSPS) is 11.9. The first-order chi connectivity index (χ1) is 7.90. The Morgan fingerprint density at radius 2 is 2.12 bits per heavy atom. The second kappa shape index (κ2) is 6.18. The van der Waals surface area contributed by atoms with Gasteiger partial charge in [0.05, 0.1) is 18.2 Å². The summed E-state index contributed by atoms with van der Waals surface area (Å²) < 4.78 is 0.787. The number of rotatable bonds is 4. The van der Waals surface area contributed by atoms with Crippen LogP contribution in [0.15, 0.2) is 18.2 Å². The minimum Gasteiger partial charge on any atom is -0.370 e. The van der Waals surface area contributed by atoms with Gasteiger partial charge in [-0.25, -0.2) is 0 Å². The maximum Gasteiger partial charge on any atom is 0.241 e. The van der Waals surface area contributed by atoms with Crippen LogP contribution in [0.1, 0.15) is 6.42 Å². The molecule has 0 spiro atoms. The molecule has 0 aromatic heterocycles. The van der Waals surface area contributed by atoms with Gasteiger partial charge in [0.1, 0.15) is 0 Å². The third kappa shape index (κ3) is 4.49. The molecule has 1 aromatic carbocycles. The molecule has 7 heteroatoms. The first kappa shape index (κ1) is 14.2. The average Bonchev–Trinajstić information content (AvgIpc) is 2.21. The van der Waals surface area contributed by atoms with Gasteiger partial charge in [-0.05, 0) is 40.8 Å². The molecule has 0 fully saturated rings. The number of hydrogen-bond acceptors (Lipinski definition) is 3. The average molecular weight is 368 g/mol. The number of nitrogens with one attached hydrogen (secondary N) is 1. The summed E-state index contributed by atoms with van der Waals surface area (Å²) in [7, 11) is 0. The number of amides is 2. The highest BCUT2D eigenvalue weighted by Gasteiger charge is 2.16. The van der Waals surface area contributed by atoms with Crippen molar-refractivity contribution in [1.29, 1.82) is 0 Å². The Bertz CT molecular complexity index is 453. The van der Waals surface area contributed by atoms with E-state index < -0.39 is 17.9 Å². The lowest BCUT2D eigenvalue weighted by molar-refractivity contribution is -0.123. The molecule has 5 N–H and O–H groups in total. The lowest BCUT2D eigenvalue weighted by atomic mass is 10.2. The zero-order chi connectivity index (χ0) is 13.0. The molecule has 1 unspecified atom stereocenters. The molecule has 0 saturated heterocycles. The number of halogens is 2. The SMILES string of the molecule is NC(=O)CC(N)C(=O)Nc1ccc(Cl)cc1I. The third-order valence-corrected chi connectivity index (χ3v) is 3.07. The number of primary amides is 1. The standard InChI is InChI=1S/C10H11ClIN3O2/c11-5-1-2-8(6(12)3-5)15-10(17)7(13)4-9(14)16/h1-3,7H,4,13H2,(H2,14,16)(H,15,17). The molecular weight excluding hydrogens is 356 g/mol. The molecule has 0 radical (unpaired) electrons. The summed E-state index contributed by atoms with van der Waals surface area (Å²) in [6, 6.07) is 4.08. The Hall–Kier alpha value is -0.860. The first-order valence-electron chi connectivity index (χ1n) is 4.70. The van der Waals surface area contributed by atoms with Crippen molar-refractivity contribution in [3.05, 3.63) is 26.8 Å². The number of hydrogen-bond donors (Lipinski definition) is 3. The van der Waals surface area contributed by atoms with Gasteiger partial charge in [0.25, 0.3) is 0 Å². The lowest BCUT2D eigenvalue weighted by Gasteiger charge is -2.11. The van der Waals surface area contributed by atoms with Crippen LogP contribution < -0.4 is 16.8 Å². The first-order valence-corrected chi connectivity index (χ1v) is 6.15. The number of anilines is 1. The summed E-state index contributed by atoms with van der Waals surface area (Å²) in [6.45, 7) is 0. The van der Waals surface area contributed by atoms with E-state index in [2.05, 4.69) is 5.32 Å². The molecular formula is C10H11ClIN3O2. The van der Waals surface area contributed by atoms with Gasteiger partial charge in [0, 0.05) is 8.59 Å². The second-order valence-corrected chi connectivity index (χ2v) is 4.99. The molecule has 0 heterocycles. The van der Waals surface area contributed by atoms with Gasteiger partial charge < -0.3 is 16.8 Å². The van der Waals surface area contributed by atoms with Crippen molar-refractivity contribution < 1.29 is 9.59 Å². The monoisotopic (exact) mass is 367 g/mol. The van der Waals surface area contributed by atoms with E-state index in [-0.39, 0.29) is 6.42 Å². The number of nitrogens with two attached hydrogens (primary N) is 2. The number of carbonyl (C=O) groups is 2. The summed E-state index contributed by atoms with van der Waals surface area (Å²) in [5.41, 5.74) is 11.1. The van der Waals surface area contributed by atoms with Gasteiger partial charge in [-0.15, -0.1) is 0 Å². The Kier molecular flexibility index (Phi) is 5.16. The molecule has 92 valence electrons. The van der Waals surface area contributed by atoms with Crippen LogP contribution in [0.3, 0.4) is 0 Å². The number of benzene rings is 1. The quantitative estimate of drug-likeness (QED) is 0.695. The topological polar surface area (TPSA) is 98.2 Å². The van der Waals surface area contributed by atoms with Crippen LogP contribution >= 0.6 is 34.2 Å². The minimum atomic E-state index is -0.945. The Balaban J connectivity index is 2.71. The summed E-state index contributed by atoms with van der Waals surface area (Å²) in [5, 5.41) is 3.18. The van der Waals surface area contributed by atoms with E-state index in [1.54, 1.807) is 18.2 Å². The molecule has 5 nitrogen and oxygen atoms in total. The summed E-state index contributed by atoms with van der Waals surface area (Å²) >= 11 is 7.82. The van der Waals surface area contributed by atoms with Crippen LogP contribution in [0, 0.1) is 3.57 Å². The smallest absolute Gasteiger partial charge is 0.241 e. The van der Waals surface area contributed by atoms with Crippen LogP contribution in [0.4, 0.5) is 5.69 Å². The van der Waals surface area contributed by atoms with Gasteiger partial charge >= 0.3 is 0 Å². The highest BCUT2D eigenvalue weighted by molar-refractivity contribution is 14.1. The van der Waals surface area contributed by atoms with Gasteiger partial charge in [-0.3, -0.25) is 9.59 Å². The predicted octanol–water partition coefficient (Wildman–Crippen LogP) is 1.09. The predicted molar refractivity (Wildman–Crippen MR) is 74.6 cm³/mol. The lowest BCUT2D eigenvalue weighted by Crippen LogP contribution is -2.39. The van der Waals surface area contributed by atoms with E-state index in [1.165, 1.54) is 0 Å². The van der Waals surface area contributed by atoms with Crippen molar-refractivity contribution >= 4 is 51.7 Å².